The number of nitrogens with one attached hydrogen (secondary N) is 2. The molecule has 1 aliphatic carbocycles. The standard InChI is InChI=1S/C28H36N6O4/c1-28(2)17-34(19-8-5-6-9-19)24-22(33(3)26(28)36)16-30-27(32-24)31-21-12-11-18(14-23(21)37-4)25(35)29-15-20-10-7-13-38-20/h7,11-14,16,19-20H,5-6,8-10,15,17H2,1-4H3,(H,29,35)(H,30,31,32). The highest BCUT2D eigenvalue weighted by molar-refractivity contribution is 6.01. The molecule has 0 saturated heterocycles. The number of ether oxygens (including phenoxy) is 2. The molecule has 38 heavy (non-hydrogen) atoms. The van der Waals surface area contributed by atoms with Gasteiger partial charge >= 0.3 is 0 Å². The van der Waals surface area contributed by atoms with Crippen LogP contribution in [0.15, 0.2) is 36.7 Å². The number of benzene rings is 1. The molecule has 3 aliphatic rings. The average Bonchev–Trinajstić information content (AvgIpc) is 3.63. The summed E-state index contributed by atoms with van der Waals surface area (Å²) in [5.74, 6) is 1.50. The van der Waals surface area contributed by atoms with E-state index in [1.807, 2.05) is 19.9 Å². The van der Waals surface area contributed by atoms with E-state index in [0.29, 0.717) is 47.8 Å². The number of fused-ring (bicyclic) bond motifs is 1. The molecule has 0 radical (unpaired) electrons. The SMILES string of the molecule is COc1cc(C(=O)NCC2CC=CO2)ccc1Nc1ncc2c(n1)N(C1CCCC1)CC(C)(C)C(=O)N2C. The van der Waals surface area contributed by atoms with Gasteiger partial charge in [-0.25, -0.2) is 4.98 Å². The summed E-state index contributed by atoms with van der Waals surface area (Å²) in [6, 6.07) is 5.54. The Kier molecular flexibility index (Phi) is 7.14. The highest BCUT2D eigenvalue weighted by Crippen LogP contribution is 2.40. The Morgan fingerprint density at radius 1 is 1.26 bits per heavy atom. The first-order valence-electron chi connectivity index (χ1n) is 13.2. The summed E-state index contributed by atoms with van der Waals surface area (Å²) < 4.78 is 11.0. The summed E-state index contributed by atoms with van der Waals surface area (Å²) in [7, 11) is 3.35. The van der Waals surface area contributed by atoms with Gasteiger partial charge in [-0.05, 0) is 51.0 Å². The first-order chi connectivity index (χ1) is 18.3. The van der Waals surface area contributed by atoms with Gasteiger partial charge in [0.15, 0.2) is 5.82 Å². The molecule has 3 heterocycles. The Labute approximate surface area is 223 Å². The summed E-state index contributed by atoms with van der Waals surface area (Å²) in [6.45, 7) is 5.01. The number of anilines is 4. The highest BCUT2D eigenvalue weighted by Gasteiger charge is 2.41. The fourth-order valence-corrected chi connectivity index (χ4v) is 5.45. The summed E-state index contributed by atoms with van der Waals surface area (Å²) in [5.41, 5.74) is 1.28. The lowest BCUT2D eigenvalue weighted by Gasteiger charge is -2.34. The molecule has 1 atom stereocenters. The molecule has 10 heteroatoms. The smallest absolute Gasteiger partial charge is 0.251 e. The van der Waals surface area contributed by atoms with Crippen molar-refractivity contribution in [2.45, 2.75) is 58.1 Å². The molecule has 0 spiro atoms. The Balaban J connectivity index is 1.39. The third kappa shape index (κ3) is 5.12. The maximum atomic E-state index is 13.2. The van der Waals surface area contributed by atoms with E-state index in [2.05, 4.69) is 20.5 Å². The summed E-state index contributed by atoms with van der Waals surface area (Å²) in [5, 5.41) is 6.16. The average molecular weight is 521 g/mol. The first kappa shape index (κ1) is 25.8. The van der Waals surface area contributed by atoms with Crippen LogP contribution in [0.1, 0.15) is 56.3 Å². The fraction of sp³-hybridized carbons (Fsp3) is 0.500. The molecule has 2 N–H and O–H groups in total. The van der Waals surface area contributed by atoms with Gasteiger partial charge in [0.05, 0.1) is 37.2 Å². The summed E-state index contributed by atoms with van der Waals surface area (Å²) in [6.07, 6.45) is 10.6. The van der Waals surface area contributed by atoms with E-state index in [0.717, 1.165) is 25.1 Å². The molecule has 5 rings (SSSR count). The molecule has 1 aromatic carbocycles. The number of aromatic nitrogens is 2. The van der Waals surface area contributed by atoms with Crippen LogP contribution in [-0.2, 0) is 9.53 Å². The number of carbonyl (C=O) groups excluding carboxylic acids is 2. The van der Waals surface area contributed by atoms with Crippen LogP contribution in [-0.4, -0.2) is 61.2 Å². The Hall–Kier alpha value is -3.82. The molecule has 2 aromatic rings. The largest absolute Gasteiger partial charge is 0.496 e. The lowest BCUT2D eigenvalue weighted by Crippen LogP contribution is -2.45. The van der Waals surface area contributed by atoms with Gasteiger partial charge in [-0.1, -0.05) is 12.8 Å². The Morgan fingerprint density at radius 3 is 2.76 bits per heavy atom. The summed E-state index contributed by atoms with van der Waals surface area (Å²) >= 11 is 0. The molecule has 10 nitrogen and oxygen atoms in total. The van der Waals surface area contributed by atoms with E-state index in [9.17, 15) is 9.59 Å². The van der Waals surface area contributed by atoms with Crippen molar-refractivity contribution in [2.75, 3.05) is 42.4 Å². The van der Waals surface area contributed by atoms with Gasteiger partial charge in [0.25, 0.3) is 5.91 Å². The minimum atomic E-state index is -0.550. The lowest BCUT2D eigenvalue weighted by molar-refractivity contribution is -0.125. The number of carbonyl (C=O) groups is 2. The van der Waals surface area contributed by atoms with Crippen LogP contribution in [0.4, 0.5) is 23.1 Å². The van der Waals surface area contributed by atoms with Gasteiger partial charge in [-0.2, -0.15) is 4.98 Å². The highest BCUT2D eigenvalue weighted by atomic mass is 16.5. The van der Waals surface area contributed by atoms with Crippen molar-refractivity contribution in [1.82, 2.24) is 15.3 Å². The molecule has 2 amide bonds. The third-order valence-electron chi connectivity index (χ3n) is 7.56. The van der Waals surface area contributed by atoms with Crippen LogP contribution in [0, 0.1) is 5.41 Å². The van der Waals surface area contributed by atoms with E-state index in [-0.39, 0.29) is 17.9 Å². The van der Waals surface area contributed by atoms with Gasteiger partial charge in [0, 0.05) is 31.6 Å². The van der Waals surface area contributed by atoms with E-state index in [1.165, 1.54) is 12.8 Å². The van der Waals surface area contributed by atoms with Crippen LogP contribution in [0.3, 0.4) is 0 Å². The molecule has 202 valence electrons. The number of hydrogen-bond acceptors (Lipinski definition) is 8. The van der Waals surface area contributed by atoms with Crippen LogP contribution in [0.5, 0.6) is 5.75 Å². The fourth-order valence-electron chi connectivity index (χ4n) is 5.45. The number of methoxy groups -OCH3 is 1. The second kappa shape index (κ2) is 10.5. The molecular formula is C28H36N6O4. The van der Waals surface area contributed by atoms with Gasteiger partial charge < -0.3 is 29.9 Å². The van der Waals surface area contributed by atoms with E-state index in [1.54, 1.807) is 49.7 Å². The van der Waals surface area contributed by atoms with Crippen molar-refractivity contribution in [2.24, 2.45) is 5.41 Å². The third-order valence-corrected chi connectivity index (χ3v) is 7.56. The normalized spacial score (nSPS) is 20.6. The number of amides is 2. The molecule has 1 fully saturated rings. The lowest BCUT2D eigenvalue weighted by atomic mass is 9.91. The molecular weight excluding hydrogens is 484 g/mol. The first-order valence-corrected chi connectivity index (χ1v) is 13.2. The number of rotatable bonds is 7. The maximum Gasteiger partial charge on any atom is 0.251 e. The van der Waals surface area contributed by atoms with Crippen LogP contribution >= 0.6 is 0 Å². The quantitative estimate of drug-likeness (QED) is 0.564. The zero-order valence-corrected chi connectivity index (χ0v) is 22.5. The minimum Gasteiger partial charge on any atom is -0.496 e. The van der Waals surface area contributed by atoms with Crippen LogP contribution in [0.2, 0.25) is 0 Å². The van der Waals surface area contributed by atoms with Crippen LogP contribution in [0.25, 0.3) is 0 Å². The number of hydrogen-bond donors (Lipinski definition) is 2. The number of nitrogens with zero attached hydrogens (tertiary/aromatic N) is 4. The van der Waals surface area contributed by atoms with Gasteiger partial charge in [0.1, 0.15) is 17.5 Å². The molecule has 2 aliphatic heterocycles. The predicted octanol–water partition coefficient (Wildman–Crippen LogP) is 4.01. The van der Waals surface area contributed by atoms with Crippen LogP contribution < -0.4 is 25.2 Å². The van der Waals surface area contributed by atoms with Gasteiger partial charge in [-0.3, -0.25) is 9.59 Å². The second-order valence-corrected chi connectivity index (χ2v) is 10.8. The minimum absolute atomic E-state index is 0.0316. The zero-order valence-electron chi connectivity index (χ0n) is 22.5. The van der Waals surface area contributed by atoms with Crippen molar-refractivity contribution >= 4 is 35.0 Å². The topological polar surface area (TPSA) is 109 Å². The van der Waals surface area contributed by atoms with E-state index in [4.69, 9.17) is 14.5 Å². The van der Waals surface area contributed by atoms with Gasteiger partial charge in [-0.15, -0.1) is 0 Å². The van der Waals surface area contributed by atoms with Gasteiger partial charge in [0.2, 0.25) is 11.9 Å². The van der Waals surface area contributed by atoms with Crippen molar-refractivity contribution in [3.8, 4) is 5.75 Å². The second-order valence-electron chi connectivity index (χ2n) is 10.8. The van der Waals surface area contributed by atoms with Crippen molar-refractivity contribution in [3.05, 3.63) is 42.3 Å². The molecule has 0 bridgehead atoms. The van der Waals surface area contributed by atoms with Crippen molar-refractivity contribution < 1.29 is 19.1 Å². The zero-order chi connectivity index (χ0) is 26.9. The summed E-state index contributed by atoms with van der Waals surface area (Å²) in [4.78, 5) is 39.3. The Bertz CT molecular complexity index is 1230. The monoisotopic (exact) mass is 520 g/mol. The predicted molar refractivity (Wildman–Crippen MR) is 146 cm³/mol. The van der Waals surface area contributed by atoms with E-state index < -0.39 is 5.41 Å². The van der Waals surface area contributed by atoms with Crippen molar-refractivity contribution in [3.63, 3.8) is 0 Å². The molecule has 1 saturated carbocycles. The van der Waals surface area contributed by atoms with E-state index >= 15 is 0 Å². The van der Waals surface area contributed by atoms with Crippen molar-refractivity contribution in [1.29, 1.82) is 0 Å². The molecule has 1 aromatic heterocycles. The Morgan fingerprint density at radius 2 is 2.05 bits per heavy atom. The molecule has 1 unspecified atom stereocenters. The maximum absolute atomic E-state index is 13.2.